The summed E-state index contributed by atoms with van der Waals surface area (Å²) in [4.78, 5) is 174. The number of aliphatic hydroxyl groups is 1. The lowest BCUT2D eigenvalue weighted by Crippen LogP contribution is -2.64. The zero-order valence-corrected chi connectivity index (χ0v) is 60.5. The fourth-order valence-electron chi connectivity index (χ4n) is 11.8. The number of carbonyl (C=O) groups is 11. The van der Waals surface area contributed by atoms with E-state index in [1.54, 1.807) is 54.5 Å². The van der Waals surface area contributed by atoms with Crippen molar-refractivity contribution in [1.29, 1.82) is 0 Å². The molecule has 24 nitrogen and oxygen atoms in total. The second-order valence-electron chi connectivity index (χ2n) is 27.9. The molecule has 91 heavy (non-hydrogen) atoms. The molecule has 0 spiro atoms. The van der Waals surface area contributed by atoms with Crippen LogP contribution in [-0.4, -0.2) is 252 Å². The maximum atomic E-state index is 15.3. The van der Waals surface area contributed by atoms with Gasteiger partial charge >= 0.3 is 0 Å². The Morgan fingerprint density at radius 3 is 1.36 bits per heavy atom. The third kappa shape index (κ3) is 23.1. The zero-order valence-electron chi connectivity index (χ0n) is 60.5. The molecule has 0 aromatic rings. The Morgan fingerprint density at radius 2 is 0.901 bits per heavy atom. The number of carbonyl (C=O) groups excluding carboxylic acids is 11. The fraction of sp³-hybridized carbons (Fsp3) is 0.806. The topological polar surface area (TPSA) is 282 Å². The van der Waals surface area contributed by atoms with Crippen molar-refractivity contribution in [3.05, 3.63) is 12.2 Å². The van der Waals surface area contributed by atoms with Gasteiger partial charge in [0.05, 0.1) is 6.10 Å². The lowest BCUT2D eigenvalue weighted by Gasteiger charge is -2.41. The monoisotopic (exact) mass is 1290 g/mol. The normalized spacial score (nSPS) is 27.1. The van der Waals surface area contributed by atoms with Crippen molar-refractivity contribution in [2.45, 2.75) is 242 Å². The molecule has 1 fully saturated rings. The van der Waals surface area contributed by atoms with Gasteiger partial charge in [0.1, 0.15) is 66.5 Å². The summed E-state index contributed by atoms with van der Waals surface area (Å²) in [5.74, 6) is -10.0. The van der Waals surface area contributed by atoms with Gasteiger partial charge in [-0.25, -0.2) is 0 Å². The predicted octanol–water partition coefficient (Wildman–Crippen LogP) is 3.98. The van der Waals surface area contributed by atoms with Crippen LogP contribution in [0.4, 0.5) is 0 Å². The first-order chi connectivity index (χ1) is 42.1. The van der Waals surface area contributed by atoms with Gasteiger partial charge in [0.15, 0.2) is 0 Å². The third-order valence-electron chi connectivity index (χ3n) is 17.9. The van der Waals surface area contributed by atoms with Gasteiger partial charge in [-0.3, -0.25) is 52.7 Å². The van der Waals surface area contributed by atoms with Crippen LogP contribution in [0.15, 0.2) is 12.2 Å². The van der Waals surface area contributed by atoms with Crippen LogP contribution in [0.1, 0.15) is 169 Å². The number of hydrogen-bond acceptors (Lipinski definition) is 13. The van der Waals surface area contributed by atoms with Crippen molar-refractivity contribution in [2.24, 2.45) is 41.4 Å². The molecule has 1 saturated heterocycles. The highest BCUT2D eigenvalue weighted by molar-refractivity contribution is 6.00. The molecule has 1 unspecified atom stereocenters. The van der Waals surface area contributed by atoms with Crippen LogP contribution in [0.5, 0.6) is 0 Å². The number of nitrogens with one attached hydrogen (secondary N) is 4. The molecule has 0 radical (unpaired) electrons. The van der Waals surface area contributed by atoms with Gasteiger partial charge in [0, 0.05) is 49.3 Å². The number of rotatable bonds is 19. The molecule has 14 atom stereocenters. The summed E-state index contributed by atoms with van der Waals surface area (Å²) in [6, 6.07) is -13.7. The van der Waals surface area contributed by atoms with Gasteiger partial charge in [-0.15, -0.1) is 0 Å². The van der Waals surface area contributed by atoms with Crippen LogP contribution < -0.4 is 21.3 Å². The molecule has 0 saturated carbocycles. The van der Waals surface area contributed by atoms with Crippen molar-refractivity contribution >= 4 is 65.0 Å². The summed E-state index contributed by atoms with van der Waals surface area (Å²) in [6.07, 6.45) is 3.85. The SMILES string of the molecule is C/C=C/C[C@@H](C)[C@@H](O)[C@H]1C(=O)N[C@@H](CC)C(=O)N(C)[C@H](CCCN(C)C)C(=O)N(C)[C@@H](C(C)CC)C(=O)N[C@@H](C(C)C)C(=O)N(C)[C@@H](CC(C)C)C(=O)N[C@@H](C)C(=O)N[C@H](C)C(=O)N(C)[C@@H](CC(C)C)C(=O)N(C)[C@@H](CC(C)C)C(=O)N(C)[C@@H](C(C)C)C(=O)N1C. The Morgan fingerprint density at radius 1 is 0.473 bits per heavy atom. The van der Waals surface area contributed by atoms with Gasteiger partial charge in [-0.1, -0.05) is 116 Å². The minimum atomic E-state index is -1.63. The maximum Gasteiger partial charge on any atom is 0.246 e. The fourth-order valence-corrected chi connectivity index (χ4v) is 11.8. The molecule has 1 aliphatic heterocycles. The highest BCUT2D eigenvalue weighted by atomic mass is 16.3. The largest absolute Gasteiger partial charge is 0.390 e. The van der Waals surface area contributed by atoms with E-state index in [4.69, 9.17) is 0 Å². The lowest BCUT2D eigenvalue weighted by atomic mass is 9.91. The summed E-state index contributed by atoms with van der Waals surface area (Å²) < 4.78 is 0. The van der Waals surface area contributed by atoms with E-state index >= 15 is 28.8 Å². The quantitative estimate of drug-likeness (QED) is 0.115. The zero-order chi connectivity index (χ0) is 70.5. The van der Waals surface area contributed by atoms with Crippen LogP contribution in [0.2, 0.25) is 0 Å². The Balaban J connectivity index is 4.53. The van der Waals surface area contributed by atoms with E-state index in [0.29, 0.717) is 25.8 Å². The van der Waals surface area contributed by atoms with Crippen LogP contribution in [0.25, 0.3) is 0 Å². The minimum absolute atomic E-state index is 0.0129. The second kappa shape index (κ2) is 38.1. The van der Waals surface area contributed by atoms with E-state index in [-0.39, 0.29) is 49.9 Å². The highest BCUT2D eigenvalue weighted by Crippen LogP contribution is 2.27. The molecule has 24 heteroatoms. The molecule has 0 aromatic heterocycles. The van der Waals surface area contributed by atoms with Gasteiger partial charge in [0.2, 0.25) is 65.0 Å². The summed E-state index contributed by atoms with van der Waals surface area (Å²) in [7, 11) is 13.8. The molecule has 0 aromatic carbocycles. The summed E-state index contributed by atoms with van der Waals surface area (Å²) in [5.41, 5.74) is 0. The van der Waals surface area contributed by atoms with Gasteiger partial charge < -0.3 is 65.6 Å². The Hall–Kier alpha value is -6.17. The van der Waals surface area contributed by atoms with Crippen molar-refractivity contribution in [1.82, 2.24) is 60.5 Å². The molecule has 1 heterocycles. The first-order valence-electron chi connectivity index (χ1n) is 33.1. The molecule has 11 amide bonds. The van der Waals surface area contributed by atoms with E-state index in [1.807, 2.05) is 80.5 Å². The van der Waals surface area contributed by atoms with Gasteiger partial charge in [-0.2, -0.15) is 0 Å². The number of aliphatic hydroxyl groups excluding tert-OH is 1. The van der Waals surface area contributed by atoms with Crippen molar-refractivity contribution in [3.8, 4) is 0 Å². The number of allylic oxidation sites excluding steroid dienone is 2. The van der Waals surface area contributed by atoms with Crippen LogP contribution in [-0.2, 0) is 52.7 Å². The Bertz CT molecular complexity index is 2470. The summed E-state index contributed by atoms with van der Waals surface area (Å²) in [6.45, 7) is 30.5. The number of likely N-dealkylation sites (N-methyl/N-ethyl adjacent to an activating group) is 7. The van der Waals surface area contributed by atoms with Crippen molar-refractivity contribution in [2.75, 3.05) is 70.0 Å². The average molecular weight is 1290 g/mol. The molecular weight excluding hydrogens is 1160 g/mol. The Labute approximate surface area is 546 Å². The van der Waals surface area contributed by atoms with E-state index in [1.165, 1.54) is 92.6 Å². The molecular formula is C67H122N12O12. The van der Waals surface area contributed by atoms with E-state index in [9.17, 15) is 29.1 Å². The highest BCUT2D eigenvalue weighted by Gasteiger charge is 2.47. The summed E-state index contributed by atoms with van der Waals surface area (Å²) in [5, 5.41) is 23.4. The van der Waals surface area contributed by atoms with Gasteiger partial charge in [0.25, 0.3) is 0 Å². The average Bonchev–Trinajstić information content (AvgIpc) is 0.924. The first-order valence-corrected chi connectivity index (χ1v) is 33.1. The number of amides is 11. The van der Waals surface area contributed by atoms with Crippen molar-refractivity contribution in [3.63, 3.8) is 0 Å². The van der Waals surface area contributed by atoms with Crippen LogP contribution >= 0.6 is 0 Å². The molecule has 0 aliphatic carbocycles. The molecule has 0 bridgehead atoms. The predicted molar refractivity (Wildman–Crippen MR) is 355 cm³/mol. The standard InChI is InChI=1S/C67H122N12O12/c1-27-30-32-44(15)56(80)55-60(84)70-47(29-3)62(86)73(20)48(33-31-34-72(18)19)63(87)78(25)54(43(14)28-2)59(83)71-52(41(10)11)66(90)74(21)49(35-38(4)5)58(82)68-45(16)57(81)69-46(17)61(85)75(22)50(36-39(6)7)64(88)76(23)51(37-40(8)9)65(89)77(24)53(42(12)13)67(91)79(55)26/h27,30,38-56,80H,28-29,31-37H2,1-26H3,(H,68,82)(H,69,81)(H,70,84)(H,71,83)/b30-27+/t43?,44-,45+,46-,47+,48-,49+,50+,51+,52+,53+,54+,55+,56-/m1/s1. The Kier molecular flexibility index (Phi) is 34.7. The van der Waals surface area contributed by atoms with Crippen LogP contribution in [0, 0.1) is 41.4 Å². The molecule has 1 aliphatic rings. The first kappa shape index (κ1) is 82.8. The number of hydrogen-bond donors (Lipinski definition) is 5. The smallest absolute Gasteiger partial charge is 0.246 e. The van der Waals surface area contributed by atoms with E-state index in [2.05, 4.69) is 21.3 Å². The molecule has 522 valence electrons. The molecule has 1 rings (SSSR count). The van der Waals surface area contributed by atoms with E-state index in [0.717, 1.165) is 4.90 Å². The van der Waals surface area contributed by atoms with Crippen molar-refractivity contribution < 1.29 is 57.8 Å². The van der Waals surface area contributed by atoms with E-state index < -0.39 is 161 Å². The van der Waals surface area contributed by atoms with Crippen LogP contribution in [0.3, 0.4) is 0 Å². The number of nitrogens with zero attached hydrogens (tertiary/aromatic N) is 8. The maximum absolute atomic E-state index is 15.3. The lowest BCUT2D eigenvalue weighted by molar-refractivity contribution is -0.157. The minimum Gasteiger partial charge on any atom is -0.390 e. The third-order valence-corrected chi connectivity index (χ3v) is 17.9. The summed E-state index contributed by atoms with van der Waals surface area (Å²) >= 11 is 0. The van der Waals surface area contributed by atoms with Gasteiger partial charge in [-0.05, 0) is 128 Å². The second-order valence-corrected chi connectivity index (χ2v) is 27.9. The molecule has 5 N–H and O–H groups in total.